The lowest BCUT2D eigenvalue weighted by molar-refractivity contribution is -0.384. The number of hydrogen-bond acceptors (Lipinski definition) is 5. The van der Waals surface area contributed by atoms with Crippen molar-refractivity contribution in [2.75, 3.05) is 25.6 Å². The first-order valence-corrected chi connectivity index (χ1v) is 7.54. The molecule has 0 unspecified atom stereocenters. The Balaban J connectivity index is 1.96. The quantitative estimate of drug-likeness (QED) is 0.344. The van der Waals surface area contributed by atoms with Crippen molar-refractivity contribution in [1.29, 1.82) is 0 Å². The second-order valence-corrected chi connectivity index (χ2v) is 5.04. The number of nitro benzene ring substituents is 1. The van der Waals surface area contributed by atoms with Crippen molar-refractivity contribution in [2.45, 2.75) is 0 Å². The lowest BCUT2D eigenvalue weighted by Gasteiger charge is -2.07. The number of ether oxygens (including phenoxy) is 2. The maximum absolute atomic E-state index is 12.0. The zero-order valence-electron chi connectivity index (χ0n) is 13.7. The highest BCUT2D eigenvalue weighted by Crippen LogP contribution is 2.18. The van der Waals surface area contributed by atoms with Crippen LogP contribution in [0.15, 0.2) is 54.6 Å². The average molecular weight is 342 g/mol. The second kappa shape index (κ2) is 9.19. The SMILES string of the molecule is COCCOc1cccc(NC(=O)/C=C/c2cccc([N+](=O)[O-])c2)c1. The topological polar surface area (TPSA) is 90.7 Å². The van der Waals surface area contributed by atoms with Crippen LogP contribution in [0.25, 0.3) is 6.08 Å². The number of carbonyl (C=O) groups is 1. The van der Waals surface area contributed by atoms with Crippen molar-refractivity contribution in [3.05, 3.63) is 70.3 Å². The van der Waals surface area contributed by atoms with Crippen LogP contribution in [0.5, 0.6) is 5.75 Å². The lowest BCUT2D eigenvalue weighted by atomic mass is 10.2. The van der Waals surface area contributed by atoms with Gasteiger partial charge in [0.1, 0.15) is 12.4 Å². The van der Waals surface area contributed by atoms with E-state index in [0.717, 1.165) is 0 Å². The van der Waals surface area contributed by atoms with Crippen molar-refractivity contribution in [3.63, 3.8) is 0 Å². The number of nitrogens with zero attached hydrogens (tertiary/aromatic N) is 1. The zero-order valence-corrected chi connectivity index (χ0v) is 13.7. The van der Waals surface area contributed by atoms with Gasteiger partial charge in [-0.05, 0) is 23.8 Å². The van der Waals surface area contributed by atoms with Gasteiger partial charge in [0.15, 0.2) is 0 Å². The van der Waals surface area contributed by atoms with Crippen LogP contribution in [-0.4, -0.2) is 31.2 Å². The van der Waals surface area contributed by atoms with Gasteiger partial charge in [-0.1, -0.05) is 18.2 Å². The molecule has 0 aliphatic rings. The summed E-state index contributed by atoms with van der Waals surface area (Å²) in [6.45, 7) is 0.892. The van der Waals surface area contributed by atoms with E-state index < -0.39 is 4.92 Å². The third kappa shape index (κ3) is 6.08. The van der Waals surface area contributed by atoms with Crippen molar-refractivity contribution < 1.29 is 19.2 Å². The van der Waals surface area contributed by atoms with Crippen LogP contribution >= 0.6 is 0 Å². The molecule has 2 rings (SSSR count). The summed E-state index contributed by atoms with van der Waals surface area (Å²) in [5, 5.41) is 13.5. The van der Waals surface area contributed by atoms with Crippen LogP contribution in [0.4, 0.5) is 11.4 Å². The second-order valence-electron chi connectivity index (χ2n) is 5.04. The molecule has 0 saturated heterocycles. The highest BCUT2D eigenvalue weighted by atomic mass is 16.6. The number of hydrogen-bond donors (Lipinski definition) is 1. The number of methoxy groups -OCH3 is 1. The molecule has 0 spiro atoms. The van der Waals surface area contributed by atoms with Crippen LogP contribution in [0.2, 0.25) is 0 Å². The Morgan fingerprint density at radius 3 is 2.76 bits per heavy atom. The fourth-order valence-electron chi connectivity index (χ4n) is 2.00. The minimum Gasteiger partial charge on any atom is -0.491 e. The largest absolute Gasteiger partial charge is 0.491 e. The van der Waals surface area contributed by atoms with Gasteiger partial charge in [-0.25, -0.2) is 0 Å². The van der Waals surface area contributed by atoms with Gasteiger partial charge in [0, 0.05) is 37.1 Å². The molecule has 1 amide bonds. The molecule has 0 atom stereocenters. The highest BCUT2D eigenvalue weighted by Gasteiger charge is 2.04. The van der Waals surface area contributed by atoms with Crippen LogP contribution < -0.4 is 10.1 Å². The Kier molecular flexibility index (Phi) is 6.67. The number of anilines is 1. The van der Waals surface area contributed by atoms with Crippen LogP contribution in [0.3, 0.4) is 0 Å². The smallest absolute Gasteiger partial charge is 0.270 e. The monoisotopic (exact) mass is 342 g/mol. The minimum absolute atomic E-state index is 0.0246. The molecule has 25 heavy (non-hydrogen) atoms. The van der Waals surface area contributed by atoms with E-state index in [-0.39, 0.29) is 11.6 Å². The summed E-state index contributed by atoms with van der Waals surface area (Å²) < 4.78 is 10.4. The van der Waals surface area contributed by atoms with E-state index >= 15 is 0 Å². The number of non-ortho nitro benzene ring substituents is 1. The van der Waals surface area contributed by atoms with Crippen molar-refractivity contribution in [2.24, 2.45) is 0 Å². The van der Waals surface area contributed by atoms with Gasteiger partial charge in [0.2, 0.25) is 5.91 Å². The van der Waals surface area contributed by atoms with E-state index in [1.807, 2.05) is 0 Å². The van der Waals surface area contributed by atoms with Gasteiger partial charge in [0.05, 0.1) is 11.5 Å². The van der Waals surface area contributed by atoms with E-state index in [1.54, 1.807) is 43.5 Å². The number of nitro groups is 1. The molecule has 0 fully saturated rings. The first kappa shape index (κ1) is 18.2. The van der Waals surface area contributed by atoms with E-state index in [9.17, 15) is 14.9 Å². The predicted molar refractivity (Wildman–Crippen MR) is 94.6 cm³/mol. The lowest BCUT2D eigenvalue weighted by Crippen LogP contribution is -2.08. The molecule has 7 nitrogen and oxygen atoms in total. The first-order chi connectivity index (χ1) is 12.1. The van der Waals surface area contributed by atoms with Crippen molar-refractivity contribution in [1.82, 2.24) is 0 Å². The molecular weight excluding hydrogens is 324 g/mol. The predicted octanol–water partition coefficient (Wildman–Crippen LogP) is 3.27. The summed E-state index contributed by atoms with van der Waals surface area (Å²) in [5.74, 6) is 0.276. The Labute approximate surface area is 145 Å². The highest BCUT2D eigenvalue weighted by molar-refractivity contribution is 6.02. The van der Waals surface area contributed by atoms with Crippen molar-refractivity contribution >= 4 is 23.4 Å². The first-order valence-electron chi connectivity index (χ1n) is 7.54. The molecule has 0 aliphatic carbocycles. The molecule has 0 aliphatic heterocycles. The number of nitrogens with one attached hydrogen (secondary N) is 1. The normalized spacial score (nSPS) is 10.6. The van der Waals surface area contributed by atoms with Gasteiger partial charge in [-0.3, -0.25) is 14.9 Å². The molecule has 0 radical (unpaired) electrons. The summed E-state index contributed by atoms with van der Waals surface area (Å²) in [4.78, 5) is 22.2. The molecule has 1 N–H and O–H groups in total. The fourth-order valence-corrected chi connectivity index (χ4v) is 2.00. The molecular formula is C18H18N2O5. The van der Waals surface area contributed by atoms with Crippen LogP contribution in [-0.2, 0) is 9.53 Å². The van der Waals surface area contributed by atoms with Crippen LogP contribution in [0, 0.1) is 10.1 Å². The number of amides is 1. The number of carbonyl (C=O) groups excluding carboxylic acids is 1. The molecule has 0 aromatic heterocycles. The summed E-state index contributed by atoms with van der Waals surface area (Å²) >= 11 is 0. The summed E-state index contributed by atoms with van der Waals surface area (Å²) in [7, 11) is 1.59. The molecule has 2 aromatic carbocycles. The Bertz CT molecular complexity index is 774. The average Bonchev–Trinajstić information content (AvgIpc) is 2.61. The molecule has 130 valence electrons. The third-order valence-electron chi connectivity index (χ3n) is 3.17. The maximum Gasteiger partial charge on any atom is 0.270 e. The Morgan fingerprint density at radius 1 is 1.20 bits per heavy atom. The molecule has 2 aromatic rings. The fraction of sp³-hybridized carbons (Fsp3) is 0.167. The summed E-state index contributed by atoms with van der Waals surface area (Å²) in [6, 6.07) is 13.0. The minimum atomic E-state index is -0.480. The van der Waals surface area contributed by atoms with E-state index in [2.05, 4.69) is 5.32 Å². The van der Waals surface area contributed by atoms with E-state index in [1.165, 1.54) is 24.3 Å². The van der Waals surface area contributed by atoms with Gasteiger partial charge in [-0.15, -0.1) is 0 Å². The summed E-state index contributed by atoms with van der Waals surface area (Å²) in [5.41, 5.74) is 1.13. The van der Waals surface area contributed by atoms with Crippen molar-refractivity contribution in [3.8, 4) is 5.75 Å². The molecule has 0 heterocycles. The standard InChI is InChI=1S/C18H18N2O5/c1-24-10-11-25-17-7-3-5-15(13-17)19-18(21)9-8-14-4-2-6-16(12-14)20(22)23/h2-9,12-13H,10-11H2,1H3,(H,19,21)/b9-8+. The van der Waals surface area contributed by atoms with Gasteiger partial charge in [-0.2, -0.15) is 0 Å². The van der Waals surface area contributed by atoms with E-state index in [4.69, 9.17) is 9.47 Å². The molecule has 0 saturated carbocycles. The number of benzene rings is 2. The van der Waals surface area contributed by atoms with Gasteiger partial charge < -0.3 is 14.8 Å². The molecule has 7 heteroatoms. The number of rotatable bonds is 8. The van der Waals surface area contributed by atoms with Gasteiger partial charge in [0.25, 0.3) is 5.69 Å². The molecule has 0 bridgehead atoms. The Hall–Kier alpha value is -3.19. The van der Waals surface area contributed by atoms with Gasteiger partial charge >= 0.3 is 0 Å². The van der Waals surface area contributed by atoms with Crippen LogP contribution in [0.1, 0.15) is 5.56 Å². The zero-order chi connectivity index (χ0) is 18.1. The summed E-state index contributed by atoms with van der Waals surface area (Å²) in [6.07, 6.45) is 2.83. The van der Waals surface area contributed by atoms with E-state index in [0.29, 0.717) is 30.2 Å². The third-order valence-corrected chi connectivity index (χ3v) is 3.17. The Morgan fingerprint density at radius 2 is 2.00 bits per heavy atom. The maximum atomic E-state index is 12.0.